The van der Waals surface area contributed by atoms with Crippen LogP contribution in [0.25, 0.3) is 0 Å². The fourth-order valence-electron chi connectivity index (χ4n) is 0.539. The van der Waals surface area contributed by atoms with Crippen LogP contribution in [0.4, 0.5) is 0 Å². The molecular formula is C7H13NaO2. The number of hydrogen-bond acceptors (Lipinski definition) is 2. The molecule has 0 saturated heterocycles. The molecule has 0 N–H and O–H groups in total. The molecule has 0 aliphatic heterocycles. The van der Waals surface area contributed by atoms with Gasteiger partial charge in [-0.25, -0.2) is 0 Å². The SMILES string of the molecule is CCC(C)(CC)C(=O)[O-].[Na+]. The summed E-state index contributed by atoms with van der Waals surface area (Å²) in [6.45, 7) is 5.43. The van der Waals surface area contributed by atoms with Crippen molar-refractivity contribution in [3.05, 3.63) is 0 Å². The van der Waals surface area contributed by atoms with E-state index in [0.29, 0.717) is 12.8 Å². The second kappa shape index (κ2) is 5.16. The van der Waals surface area contributed by atoms with E-state index >= 15 is 0 Å². The van der Waals surface area contributed by atoms with Crippen molar-refractivity contribution in [2.24, 2.45) is 5.41 Å². The Morgan fingerprint density at radius 3 is 1.70 bits per heavy atom. The first-order chi connectivity index (χ1) is 4.06. The van der Waals surface area contributed by atoms with E-state index in [9.17, 15) is 9.90 Å². The van der Waals surface area contributed by atoms with Crippen molar-refractivity contribution < 1.29 is 39.5 Å². The minimum atomic E-state index is -0.937. The molecule has 0 spiro atoms. The maximum atomic E-state index is 10.4. The first-order valence-electron chi connectivity index (χ1n) is 3.28. The van der Waals surface area contributed by atoms with Crippen LogP contribution in [0.15, 0.2) is 0 Å². The molecule has 0 saturated carbocycles. The summed E-state index contributed by atoms with van der Waals surface area (Å²) in [5.74, 6) is -0.937. The molecule has 0 unspecified atom stereocenters. The molecule has 0 fully saturated rings. The second-order valence-electron chi connectivity index (χ2n) is 2.56. The molecule has 0 aromatic heterocycles. The normalized spacial score (nSPS) is 10.3. The number of carbonyl (C=O) groups is 1. The molecule has 3 heteroatoms. The summed E-state index contributed by atoms with van der Waals surface area (Å²) < 4.78 is 0. The Labute approximate surface area is 84.3 Å². The summed E-state index contributed by atoms with van der Waals surface area (Å²) in [5, 5.41) is 10.4. The fourth-order valence-corrected chi connectivity index (χ4v) is 0.539. The van der Waals surface area contributed by atoms with Crippen molar-refractivity contribution in [2.75, 3.05) is 0 Å². The van der Waals surface area contributed by atoms with E-state index in [1.54, 1.807) is 6.92 Å². The van der Waals surface area contributed by atoms with Gasteiger partial charge in [0, 0.05) is 11.4 Å². The van der Waals surface area contributed by atoms with Gasteiger partial charge in [-0.3, -0.25) is 0 Å². The van der Waals surface area contributed by atoms with Gasteiger partial charge in [0.1, 0.15) is 0 Å². The van der Waals surface area contributed by atoms with E-state index in [-0.39, 0.29) is 29.6 Å². The summed E-state index contributed by atoms with van der Waals surface area (Å²) in [4.78, 5) is 10.4. The molecule has 0 aliphatic carbocycles. The number of carboxylic acid groups (broad SMARTS) is 1. The average Bonchev–Trinajstić information content (AvgIpc) is 1.86. The Bertz CT molecular complexity index is 108. The van der Waals surface area contributed by atoms with E-state index < -0.39 is 11.4 Å². The summed E-state index contributed by atoms with van der Waals surface area (Å²) in [6.07, 6.45) is 1.29. The molecule has 0 rings (SSSR count). The van der Waals surface area contributed by atoms with Crippen LogP contribution < -0.4 is 34.7 Å². The zero-order chi connectivity index (χ0) is 7.49. The Balaban J connectivity index is 0. The van der Waals surface area contributed by atoms with Crippen LogP contribution in [0.1, 0.15) is 33.6 Å². The topological polar surface area (TPSA) is 40.1 Å². The quantitative estimate of drug-likeness (QED) is 0.422. The van der Waals surface area contributed by atoms with Crippen LogP contribution >= 0.6 is 0 Å². The number of aliphatic carboxylic acids is 1. The molecular weight excluding hydrogens is 139 g/mol. The molecule has 0 amide bonds. The number of rotatable bonds is 3. The smallest absolute Gasteiger partial charge is 0.550 e. The van der Waals surface area contributed by atoms with Gasteiger partial charge in [0.05, 0.1) is 0 Å². The van der Waals surface area contributed by atoms with Crippen molar-refractivity contribution in [3.63, 3.8) is 0 Å². The third-order valence-corrected chi connectivity index (χ3v) is 2.05. The van der Waals surface area contributed by atoms with Gasteiger partial charge < -0.3 is 9.90 Å². The van der Waals surface area contributed by atoms with Crippen LogP contribution in [-0.2, 0) is 4.79 Å². The molecule has 0 heterocycles. The van der Waals surface area contributed by atoms with Gasteiger partial charge in [-0.1, -0.05) is 20.8 Å². The zero-order valence-corrected chi connectivity index (χ0v) is 9.23. The number of carboxylic acids is 1. The van der Waals surface area contributed by atoms with Crippen LogP contribution in [-0.4, -0.2) is 5.97 Å². The van der Waals surface area contributed by atoms with E-state index in [1.807, 2.05) is 13.8 Å². The minimum Gasteiger partial charge on any atom is -0.550 e. The molecule has 10 heavy (non-hydrogen) atoms. The first-order valence-corrected chi connectivity index (χ1v) is 3.28. The van der Waals surface area contributed by atoms with Gasteiger partial charge >= 0.3 is 29.6 Å². The van der Waals surface area contributed by atoms with Gasteiger partial charge in [-0.15, -0.1) is 0 Å². The predicted octanol–water partition coefficient (Wildman–Crippen LogP) is -2.43. The monoisotopic (exact) mass is 152 g/mol. The number of hydrogen-bond donors (Lipinski definition) is 0. The molecule has 0 bridgehead atoms. The zero-order valence-electron chi connectivity index (χ0n) is 7.23. The van der Waals surface area contributed by atoms with E-state index in [1.165, 1.54) is 0 Å². The van der Waals surface area contributed by atoms with Crippen molar-refractivity contribution in [1.29, 1.82) is 0 Å². The predicted molar refractivity (Wildman–Crippen MR) is 33.7 cm³/mol. The second-order valence-corrected chi connectivity index (χ2v) is 2.56. The molecule has 0 atom stereocenters. The summed E-state index contributed by atoms with van der Waals surface area (Å²) in [7, 11) is 0. The van der Waals surface area contributed by atoms with Crippen LogP contribution in [0.3, 0.4) is 0 Å². The van der Waals surface area contributed by atoms with Crippen LogP contribution in [0.5, 0.6) is 0 Å². The largest absolute Gasteiger partial charge is 1.00 e. The van der Waals surface area contributed by atoms with E-state index in [4.69, 9.17) is 0 Å². The Morgan fingerprint density at radius 1 is 1.40 bits per heavy atom. The summed E-state index contributed by atoms with van der Waals surface area (Å²) in [5.41, 5.74) is -0.611. The molecule has 54 valence electrons. The van der Waals surface area contributed by atoms with Crippen LogP contribution in [0, 0.1) is 5.41 Å². The van der Waals surface area contributed by atoms with E-state index in [2.05, 4.69) is 0 Å². The molecule has 0 aromatic carbocycles. The van der Waals surface area contributed by atoms with Gasteiger partial charge in [0.15, 0.2) is 0 Å². The third kappa shape index (κ3) is 3.04. The fraction of sp³-hybridized carbons (Fsp3) is 0.857. The number of carbonyl (C=O) groups excluding carboxylic acids is 1. The van der Waals surface area contributed by atoms with Crippen molar-refractivity contribution in [1.82, 2.24) is 0 Å². The van der Waals surface area contributed by atoms with Crippen molar-refractivity contribution in [2.45, 2.75) is 33.6 Å². The summed E-state index contributed by atoms with van der Waals surface area (Å²) >= 11 is 0. The standard InChI is InChI=1S/C7H14O2.Na/c1-4-7(3,5-2)6(8)9;/h4-5H2,1-3H3,(H,8,9);/q;+1/p-1. The van der Waals surface area contributed by atoms with Crippen molar-refractivity contribution in [3.8, 4) is 0 Å². The van der Waals surface area contributed by atoms with Gasteiger partial charge in [-0.05, 0) is 12.8 Å². The Hall–Kier alpha value is 0.470. The molecule has 0 radical (unpaired) electrons. The Kier molecular flexibility index (Phi) is 6.76. The molecule has 2 nitrogen and oxygen atoms in total. The van der Waals surface area contributed by atoms with Crippen molar-refractivity contribution >= 4 is 5.97 Å². The summed E-state index contributed by atoms with van der Waals surface area (Å²) in [6, 6.07) is 0. The first kappa shape index (κ1) is 13.1. The average molecular weight is 152 g/mol. The maximum Gasteiger partial charge on any atom is 1.00 e. The minimum absolute atomic E-state index is 0. The molecule has 0 aliphatic rings. The van der Waals surface area contributed by atoms with Gasteiger partial charge in [0.25, 0.3) is 0 Å². The third-order valence-electron chi connectivity index (χ3n) is 2.05. The van der Waals surface area contributed by atoms with E-state index in [0.717, 1.165) is 0 Å². The van der Waals surface area contributed by atoms with Gasteiger partial charge in [0.2, 0.25) is 0 Å². The van der Waals surface area contributed by atoms with Crippen LogP contribution in [0.2, 0.25) is 0 Å². The molecule has 0 aromatic rings. The maximum absolute atomic E-state index is 10.4. The van der Waals surface area contributed by atoms with Gasteiger partial charge in [-0.2, -0.15) is 0 Å². The Morgan fingerprint density at radius 2 is 1.70 bits per heavy atom.